The molecule has 1 aliphatic rings. The molecule has 0 aromatic heterocycles. The van der Waals surface area contributed by atoms with E-state index in [1.807, 2.05) is 27.7 Å². The zero-order valence-corrected chi connectivity index (χ0v) is 16.3. The van der Waals surface area contributed by atoms with Crippen LogP contribution in [0.3, 0.4) is 0 Å². The second kappa shape index (κ2) is 7.02. The number of rotatable bonds is 4. The van der Waals surface area contributed by atoms with Gasteiger partial charge in [-0.15, -0.1) is 0 Å². The number of halogens is 1. The van der Waals surface area contributed by atoms with Crippen molar-refractivity contribution in [1.82, 2.24) is 5.32 Å². The Morgan fingerprint density at radius 2 is 1.84 bits per heavy atom. The first-order valence-electron chi connectivity index (χ1n) is 8.22. The van der Waals surface area contributed by atoms with Gasteiger partial charge in [0.15, 0.2) is 0 Å². The highest BCUT2D eigenvalue weighted by atomic mass is 35.5. The van der Waals surface area contributed by atoms with E-state index in [0.29, 0.717) is 21.6 Å². The average molecular weight is 366 g/mol. The smallest absolute Gasteiger partial charge is 0.492 e. The number of amides is 1. The van der Waals surface area contributed by atoms with Crippen LogP contribution < -0.4 is 5.32 Å². The Labute approximate surface area is 154 Å². The molecule has 0 aliphatic carbocycles. The van der Waals surface area contributed by atoms with E-state index < -0.39 is 18.3 Å². The number of nitrogens with one attached hydrogen (secondary N) is 1. The Balaban J connectivity index is 2.42. The monoisotopic (exact) mass is 365 g/mol. The highest BCUT2D eigenvalue weighted by Gasteiger charge is 2.52. The van der Waals surface area contributed by atoms with E-state index in [4.69, 9.17) is 20.9 Å². The number of carbonyl (C=O) groups is 1. The lowest BCUT2D eigenvalue weighted by molar-refractivity contribution is -0.118. The minimum absolute atomic E-state index is 0.140. The van der Waals surface area contributed by atoms with Crippen LogP contribution in [0.5, 0.6) is 5.75 Å². The molecule has 0 saturated carbocycles. The molecule has 5 nitrogen and oxygen atoms in total. The number of hydrogen-bond acceptors (Lipinski definition) is 4. The van der Waals surface area contributed by atoms with Gasteiger partial charge in [-0.3, -0.25) is 4.79 Å². The molecular weight excluding hydrogens is 340 g/mol. The fourth-order valence-corrected chi connectivity index (χ4v) is 2.78. The number of aromatic hydroxyl groups is 1. The summed E-state index contributed by atoms with van der Waals surface area (Å²) in [6.07, 6.45) is 1.76. The molecule has 2 N–H and O–H groups in total. The summed E-state index contributed by atoms with van der Waals surface area (Å²) in [7, 11) is -0.629. The second-order valence-corrected chi connectivity index (χ2v) is 7.81. The van der Waals surface area contributed by atoms with Crippen molar-refractivity contribution in [3.63, 3.8) is 0 Å². The van der Waals surface area contributed by atoms with Gasteiger partial charge in [0, 0.05) is 24.1 Å². The first-order chi connectivity index (χ1) is 11.4. The van der Waals surface area contributed by atoms with Gasteiger partial charge in [0.25, 0.3) is 0 Å². The van der Waals surface area contributed by atoms with E-state index in [1.165, 1.54) is 6.92 Å². The highest BCUT2D eigenvalue weighted by Crippen LogP contribution is 2.39. The molecule has 1 aliphatic heterocycles. The van der Waals surface area contributed by atoms with E-state index in [2.05, 4.69) is 5.32 Å². The lowest BCUT2D eigenvalue weighted by Gasteiger charge is -2.32. The van der Waals surface area contributed by atoms with E-state index in [1.54, 1.807) is 25.1 Å². The van der Waals surface area contributed by atoms with E-state index in [0.717, 1.165) is 0 Å². The summed E-state index contributed by atoms with van der Waals surface area (Å²) >= 11 is 6.11. The van der Waals surface area contributed by atoms with Crippen LogP contribution in [0.4, 0.5) is 0 Å². The molecular formula is C18H25BClNO4. The van der Waals surface area contributed by atoms with Crippen molar-refractivity contribution in [2.75, 3.05) is 6.54 Å². The standard InChI is InChI=1S/C18H25BClNO4/c1-11-7-15(20)9-13(16(11)23)8-14(10-21-12(2)22)19-24-17(3,4)18(5,6)25-19/h7-9,23H,10H2,1-6H3,(H,21,22). The second-order valence-electron chi connectivity index (χ2n) is 7.38. The van der Waals surface area contributed by atoms with Crippen LogP contribution in [0.2, 0.25) is 5.02 Å². The highest BCUT2D eigenvalue weighted by molar-refractivity contribution is 6.56. The molecule has 0 atom stereocenters. The van der Waals surface area contributed by atoms with Gasteiger partial charge in [-0.1, -0.05) is 17.7 Å². The Hall–Kier alpha value is -1.50. The lowest BCUT2D eigenvalue weighted by atomic mass is 9.76. The fraction of sp³-hybridized carbons (Fsp3) is 0.500. The molecule has 1 fully saturated rings. The van der Waals surface area contributed by atoms with Crippen molar-refractivity contribution in [3.05, 3.63) is 33.8 Å². The third-order valence-electron chi connectivity index (χ3n) is 4.73. The number of phenols is 1. The summed E-state index contributed by atoms with van der Waals surface area (Å²) in [5.41, 5.74) is 0.927. The van der Waals surface area contributed by atoms with Gasteiger partial charge >= 0.3 is 7.12 Å². The molecule has 1 aromatic rings. The topological polar surface area (TPSA) is 67.8 Å². The summed E-state index contributed by atoms with van der Waals surface area (Å²) in [6, 6.07) is 3.36. The number of benzene rings is 1. The van der Waals surface area contributed by atoms with Crippen molar-refractivity contribution in [2.24, 2.45) is 0 Å². The molecule has 1 saturated heterocycles. The maximum absolute atomic E-state index is 11.4. The molecule has 136 valence electrons. The van der Waals surface area contributed by atoms with Crippen molar-refractivity contribution >= 4 is 30.7 Å². The molecule has 1 heterocycles. The average Bonchev–Trinajstić information content (AvgIpc) is 2.68. The number of hydrogen-bond donors (Lipinski definition) is 2. The summed E-state index contributed by atoms with van der Waals surface area (Å²) in [5.74, 6) is -0.0184. The summed E-state index contributed by atoms with van der Waals surface area (Å²) < 4.78 is 12.1. The van der Waals surface area contributed by atoms with Crippen LogP contribution >= 0.6 is 11.6 Å². The van der Waals surface area contributed by atoms with Gasteiger partial charge < -0.3 is 19.7 Å². The van der Waals surface area contributed by atoms with Gasteiger partial charge in [0.1, 0.15) is 5.75 Å². The molecule has 1 aromatic carbocycles. The molecule has 2 rings (SSSR count). The zero-order valence-electron chi connectivity index (χ0n) is 15.6. The lowest BCUT2D eigenvalue weighted by Crippen LogP contribution is -2.41. The maximum Gasteiger partial charge on any atom is 0.492 e. The molecule has 0 radical (unpaired) electrons. The summed E-state index contributed by atoms with van der Waals surface area (Å²) in [6.45, 7) is 11.3. The van der Waals surface area contributed by atoms with Gasteiger partial charge in [0.2, 0.25) is 5.91 Å². The number of carbonyl (C=O) groups excluding carboxylic acids is 1. The van der Waals surface area contributed by atoms with Crippen molar-refractivity contribution in [2.45, 2.75) is 52.7 Å². The maximum atomic E-state index is 11.4. The van der Waals surface area contributed by atoms with Gasteiger partial charge in [0.05, 0.1) is 11.2 Å². The van der Waals surface area contributed by atoms with Crippen LogP contribution in [0.25, 0.3) is 6.08 Å². The van der Waals surface area contributed by atoms with Gasteiger partial charge in [-0.2, -0.15) is 0 Å². The molecule has 0 spiro atoms. The van der Waals surface area contributed by atoms with E-state index in [9.17, 15) is 9.90 Å². The Morgan fingerprint density at radius 1 is 1.28 bits per heavy atom. The van der Waals surface area contributed by atoms with Crippen molar-refractivity contribution < 1.29 is 19.2 Å². The van der Waals surface area contributed by atoms with Crippen LogP contribution in [-0.2, 0) is 14.1 Å². The normalized spacial score (nSPS) is 19.2. The molecule has 0 bridgehead atoms. The minimum Gasteiger partial charge on any atom is -0.507 e. The summed E-state index contributed by atoms with van der Waals surface area (Å²) in [4.78, 5) is 11.4. The number of phenolic OH excluding ortho intramolecular Hbond substituents is 1. The predicted molar refractivity (Wildman–Crippen MR) is 101 cm³/mol. The van der Waals surface area contributed by atoms with Gasteiger partial charge in [-0.25, -0.2) is 0 Å². The van der Waals surface area contributed by atoms with Crippen LogP contribution in [0.1, 0.15) is 45.7 Å². The quantitative estimate of drug-likeness (QED) is 0.801. The van der Waals surface area contributed by atoms with Crippen molar-refractivity contribution in [1.29, 1.82) is 0 Å². The fourth-order valence-electron chi connectivity index (χ4n) is 2.49. The molecule has 7 heteroatoms. The van der Waals surface area contributed by atoms with Crippen LogP contribution in [0.15, 0.2) is 17.6 Å². The van der Waals surface area contributed by atoms with E-state index in [-0.39, 0.29) is 18.2 Å². The third kappa shape index (κ3) is 4.38. The number of aryl methyl sites for hydroxylation is 1. The molecule has 0 unspecified atom stereocenters. The largest absolute Gasteiger partial charge is 0.507 e. The zero-order chi connectivity index (χ0) is 19.0. The van der Waals surface area contributed by atoms with Crippen LogP contribution in [0, 0.1) is 6.92 Å². The Morgan fingerprint density at radius 3 is 2.36 bits per heavy atom. The first-order valence-corrected chi connectivity index (χ1v) is 8.60. The SMILES string of the molecule is CC(=O)NCC(=Cc1cc(Cl)cc(C)c1O)B1OC(C)(C)C(C)(C)O1. The minimum atomic E-state index is -0.629. The van der Waals surface area contributed by atoms with Crippen molar-refractivity contribution in [3.8, 4) is 5.75 Å². The third-order valence-corrected chi connectivity index (χ3v) is 4.95. The Kier molecular flexibility index (Phi) is 5.57. The first kappa shape index (κ1) is 19.8. The molecule has 1 amide bonds. The summed E-state index contributed by atoms with van der Waals surface area (Å²) in [5, 5.41) is 13.6. The predicted octanol–water partition coefficient (Wildman–Crippen LogP) is 3.50. The van der Waals surface area contributed by atoms with E-state index >= 15 is 0 Å². The molecule has 25 heavy (non-hydrogen) atoms. The Bertz CT molecular complexity index is 699. The van der Waals surface area contributed by atoms with Gasteiger partial charge in [-0.05, 0) is 57.8 Å². The van der Waals surface area contributed by atoms with Crippen LogP contribution in [-0.4, -0.2) is 35.9 Å².